The minimum atomic E-state index is -0.268. The molecule has 0 aromatic carbocycles. The summed E-state index contributed by atoms with van der Waals surface area (Å²) in [5.41, 5.74) is 0.923. The van der Waals surface area contributed by atoms with E-state index in [0.29, 0.717) is 12.5 Å². The summed E-state index contributed by atoms with van der Waals surface area (Å²) in [5.74, 6) is 0.375. The fourth-order valence-corrected chi connectivity index (χ4v) is 2.36. The summed E-state index contributed by atoms with van der Waals surface area (Å²) in [5, 5.41) is 0. The number of hydrogen-bond donors (Lipinski definition) is 0. The molecule has 0 fully saturated rings. The van der Waals surface area contributed by atoms with Gasteiger partial charge in [0, 0.05) is 12.7 Å². The second-order valence-corrected chi connectivity index (χ2v) is 6.47. The number of ether oxygens (including phenoxy) is 2. The van der Waals surface area contributed by atoms with Gasteiger partial charge in [0.25, 0.3) is 0 Å². The summed E-state index contributed by atoms with van der Waals surface area (Å²) in [7, 11) is 0. The van der Waals surface area contributed by atoms with Crippen molar-refractivity contribution < 1.29 is 14.3 Å². The van der Waals surface area contributed by atoms with Crippen molar-refractivity contribution in [2.75, 3.05) is 13.2 Å². The van der Waals surface area contributed by atoms with Crippen molar-refractivity contribution in [1.82, 2.24) is 0 Å². The van der Waals surface area contributed by atoms with Gasteiger partial charge in [-0.15, -0.1) is 0 Å². The first-order valence-corrected chi connectivity index (χ1v) is 8.46. The van der Waals surface area contributed by atoms with Gasteiger partial charge in [0.1, 0.15) is 0 Å². The first-order valence-electron chi connectivity index (χ1n) is 8.46. The van der Waals surface area contributed by atoms with Crippen molar-refractivity contribution >= 4 is 5.97 Å². The van der Waals surface area contributed by atoms with Crippen LogP contribution in [0.15, 0.2) is 23.8 Å². The SMILES string of the molecule is CCOC(=O)/C=C(C)/C=C/CC(C)CCCC(C)(C)OCC. The number of hydrogen-bond acceptors (Lipinski definition) is 3. The molecule has 0 N–H and O–H groups in total. The Balaban J connectivity index is 4.00. The van der Waals surface area contributed by atoms with Gasteiger partial charge in [-0.25, -0.2) is 4.79 Å². The van der Waals surface area contributed by atoms with Crippen molar-refractivity contribution in [2.45, 2.75) is 72.8 Å². The Labute approximate surface area is 136 Å². The summed E-state index contributed by atoms with van der Waals surface area (Å²) in [6.45, 7) is 13.5. The van der Waals surface area contributed by atoms with Crippen LogP contribution in [0.1, 0.15) is 67.2 Å². The smallest absolute Gasteiger partial charge is 0.330 e. The van der Waals surface area contributed by atoms with Gasteiger partial charge < -0.3 is 9.47 Å². The molecule has 0 rings (SSSR count). The Morgan fingerprint density at radius 3 is 2.50 bits per heavy atom. The first-order chi connectivity index (χ1) is 10.3. The van der Waals surface area contributed by atoms with Crippen LogP contribution in [0, 0.1) is 5.92 Å². The highest BCUT2D eigenvalue weighted by atomic mass is 16.5. The van der Waals surface area contributed by atoms with Crippen LogP contribution in [-0.4, -0.2) is 24.8 Å². The van der Waals surface area contributed by atoms with Crippen LogP contribution in [0.3, 0.4) is 0 Å². The standard InChI is InChI=1S/C19H34O3/c1-7-21-18(20)15-17(4)12-9-11-16(3)13-10-14-19(5,6)22-8-2/h9,12,15-16H,7-8,10-11,13-14H2,1-6H3/b12-9+,17-15+. The molecule has 3 nitrogen and oxygen atoms in total. The Bertz CT molecular complexity index is 367. The number of carbonyl (C=O) groups is 1. The third kappa shape index (κ3) is 11.6. The molecule has 0 saturated heterocycles. The molecule has 0 heterocycles. The van der Waals surface area contributed by atoms with E-state index in [0.717, 1.165) is 25.0 Å². The zero-order chi connectivity index (χ0) is 17.0. The van der Waals surface area contributed by atoms with E-state index in [-0.39, 0.29) is 11.6 Å². The summed E-state index contributed by atoms with van der Waals surface area (Å²) >= 11 is 0. The Morgan fingerprint density at radius 2 is 1.91 bits per heavy atom. The van der Waals surface area contributed by atoms with Crippen molar-refractivity contribution in [3.8, 4) is 0 Å². The molecule has 128 valence electrons. The van der Waals surface area contributed by atoms with E-state index in [1.807, 2.05) is 26.8 Å². The number of rotatable bonds is 11. The minimum absolute atomic E-state index is 0.0106. The van der Waals surface area contributed by atoms with E-state index < -0.39 is 0 Å². The van der Waals surface area contributed by atoms with Crippen molar-refractivity contribution in [1.29, 1.82) is 0 Å². The molecule has 0 aromatic rings. The second kappa shape index (κ2) is 11.5. The predicted molar refractivity (Wildman–Crippen MR) is 92.9 cm³/mol. The molecule has 0 aliphatic rings. The van der Waals surface area contributed by atoms with Gasteiger partial charge in [-0.1, -0.05) is 31.9 Å². The normalized spacial score (nSPS) is 14.4. The maximum atomic E-state index is 11.3. The molecule has 0 radical (unpaired) electrons. The fourth-order valence-electron chi connectivity index (χ4n) is 2.36. The molecular formula is C19H34O3. The third-order valence-corrected chi connectivity index (χ3v) is 3.56. The molecule has 0 spiro atoms. The summed E-state index contributed by atoms with van der Waals surface area (Å²) in [6, 6.07) is 0. The van der Waals surface area contributed by atoms with Gasteiger partial charge >= 0.3 is 5.97 Å². The third-order valence-electron chi connectivity index (χ3n) is 3.56. The zero-order valence-corrected chi connectivity index (χ0v) is 15.3. The van der Waals surface area contributed by atoms with E-state index in [2.05, 4.69) is 26.8 Å². The highest BCUT2D eigenvalue weighted by Gasteiger charge is 2.17. The molecule has 0 saturated carbocycles. The van der Waals surface area contributed by atoms with Gasteiger partial charge in [0.05, 0.1) is 12.2 Å². The first kappa shape index (κ1) is 20.9. The summed E-state index contributed by atoms with van der Waals surface area (Å²) in [6.07, 6.45) is 10.2. The zero-order valence-electron chi connectivity index (χ0n) is 15.3. The van der Waals surface area contributed by atoms with Crippen LogP contribution in [0.2, 0.25) is 0 Å². The fraction of sp³-hybridized carbons (Fsp3) is 0.737. The largest absolute Gasteiger partial charge is 0.463 e. The molecule has 0 bridgehead atoms. The van der Waals surface area contributed by atoms with E-state index >= 15 is 0 Å². The number of allylic oxidation sites excluding steroid dienone is 3. The lowest BCUT2D eigenvalue weighted by atomic mass is 9.94. The topological polar surface area (TPSA) is 35.5 Å². The molecule has 3 heteroatoms. The van der Waals surface area contributed by atoms with E-state index in [4.69, 9.17) is 9.47 Å². The Morgan fingerprint density at radius 1 is 1.23 bits per heavy atom. The highest BCUT2D eigenvalue weighted by molar-refractivity contribution is 5.83. The van der Waals surface area contributed by atoms with Crippen LogP contribution in [0.25, 0.3) is 0 Å². The molecule has 1 unspecified atom stereocenters. The molecule has 22 heavy (non-hydrogen) atoms. The monoisotopic (exact) mass is 310 g/mol. The van der Waals surface area contributed by atoms with Crippen molar-refractivity contribution in [3.05, 3.63) is 23.8 Å². The van der Waals surface area contributed by atoms with Gasteiger partial charge in [-0.3, -0.25) is 0 Å². The van der Waals surface area contributed by atoms with Crippen LogP contribution in [0.4, 0.5) is 0 Å². The van der Waals surface area contributed by atoms with Crippen LogP contribution in [0.5, 0.6) is 0 Å². The number of esters is 1. The average molecular weight is 310 g/mol. The molecule has 1 atom stereocenters. The van der Waals surface area contributed by atoms with Crippen molar-refractivity contribution in [3.63, 3.8) is 0 Å². The highest BCUT2D eigenvalue weighted by Crippen LogP contribution is 2.21. The van der Waals surface area contributed by atoms with E-state index in [1.54, 1.807) is 0 Å². The van der Waals surface area contributed by atoms with Crippen LogP contribution in [-0.2, 0) is 14.3 Å². The Kier molecular flexibility index (Phi) is 10.9. The molecular weight excluding hydrogens is 276 g/mol. The lowest BCUT2D eigenvalue weighted by Gasteiger charge is -2.25. The Hall–Kier alpha value is -1.09. The van der Waals surface area contributed by atoms with Gasteiger partial charge in [-0.2, -0.15) is 0 Å². The van der Waals surface area contributed by atoms with Crippen molar-refractivity contribution in [2.24, 2.45) is 5.92 Å². The van der Waals surface area contributed by atoms with Crippen LogP contribution < -0.4 is 0 Å². The summed E-state index contributed by atoms with van der Waals surface area (Å²) < 4.78 is 10.6. The minimum Gasteiger partial charge on any atom is -0.463 e. The average Bonchev–Trinajstić information content (AvgIpc) is 2.38. The van der Waals surface area contributed by atoms with E-state index in [9.17, 15) is 4.79 Å². The quantitative estimate of drug-likeness (QED) is 0.304. The maximum Gasteiger partial charge on any atom is 0.330 e. The van der Waals surface area contributed by atoms with Gasteiger partial charge in [0.2, 0.25) is 0 Å². The second-order valence-electron chi connectivity index (χ2n) is 6.47. The maximum absolute atomic E-state index is 11.3. The molecule has 0 aromatic heterocycles. The molecule has 0 amide bonds. The molecule has 0 aliphatic heterocycles. The van der Waals surface area contributed by atoms with Gasteiger partial charge in [-0.05, 0) is 59.0 Å². The number of carbonyl (C=O) groups excluding carboxylic acids is 1. The van der Waals surface area contributed by atoms with Crippen LogP contribution >= 0.6 is 0 Å². The van der Waals surface area contributed by atoms with Gasteiger partial charge in [0.15, 0.2) is 0 Å². The lowest BCUT2D eigenvalue weighted by molar-refractivity contribution is -0.137. The van der Waals surface area contributed by atoms with E-state index in [1.165, 1.54) is 18.9 Å². The summed E-state index contributed by atoms with van der Waals surface area (Å²) in [4.78, 5) is 11.3. The lowest BCUT2D eigenvalue weighted by Crippen LogP contribution is -2.24. The molecule has 0 aliphatic carbocycles. The predicted octanol–water partition coefficient (Wildman–Crippen LogP) is 5.06.